The van der Waals surface area contributed by atoms with E-state index in [9.17, 15) is 4.79 Å². The molecular weight excluding hydrogens is 188 g/mol. The van der Waals surface area contributed by atoms with Crippen LogP contribution in [0.4, 0.5) is 0 Å². The van der Waals surface area contributed by atoms with Crippen molar-refractivity contribution < 1.29 is 4.79 Å². The van der Waals surface area contributed by atoms with Crippen LogP contribution in [0.25, 0.3) is 6.08 Å². The Hall–Kier alpha value is -1.90. The molecule has 3 heteroatoms. The Morgan fingerprint density at radius 3 is 2.80 bits per heavy atom. The first-order valence-corrected chi connectivity index (χ1v) is 4.77. The molecule has 0 saturated heterocycles. The van der Waals surface area contributed by atoms with Crippen molar-refractivity contribution in [3.63, 3.8) is 0 Å². The fourth-order valence-corrected chi connectivity index (χ4v) is 1.08. The van der Waals surface area contributed by atoms with E-state index in [4.69, 9.17) is 5.73 Å². The zero-order chi connectivity index (χ0) is 11.1. The summed E-state index contributed by atoms with van der Waals surface area (Å²) in [6.45, 7) is 3.64. The molecule has 1 heterocycles. The summed E-state index contributed by atoms with van der Waals surface area (Å²) in [5.74, 6) is -0.503. The lowest BCUT2D eigenvalue weighted by molar-refractivity contribution is 0.0995. The minimum absolute atomic E-state index is 0.290. The molecule has 3 nitrogen and oxygen atoms in total. The summed E-state index contributed by atoms with van der Waals surface area (Å²) < 4.78 is 0. The van der Waals surface area contributed by atoms with Crippen molar-refractivity contribution in [3.05, 3.63) is 48.3 Å². The van der Waals surface area contributed by atoms with Gasteiger partial charge in [0, 0.05) is 6.20 Å². The van der Waals surface area contributed by atoms with E-state index in [1.807, 2.05) is 24.3 Å². The van der Waals surface area contributed by atoms with Gasteiger partial charge in [-0.2, -0.15) is 0 Å². The molecule has 1 rings (SSSR count). The van der Waals surface area contributed by atoms with E-state index in [1.54, 1.807) is 12.3 Å². The van der Waals surface area contributed by atoms with Crippen molar-refractivity contribution in [2.75, 3.05) is 0 Å². The lowest BCUT2D eigenvalue weighted by Gasteiger charge is -1.95. The van der Waals surface area contributed by atoms with E-state index in [1.165, 1.54) is 0 Å². The van der Waals surface area contributed by atoms with E-state index < -0.39 is 5.91 Å². The zero-order valence-electron chi connectivity index (χ0n) is 8.52. The summed E-state index contributed by atoms with van der Waals surface area (Å²) in [6, 6.07) is 3.44. The third-order valence-corrected chi connectivity index (χ3v) is 1.89. The second kappa shape index (κ2) is 5.75. The predicted octanol–water partition coefficient (Wildman–Crippen LogP) is 2.16. The summed E-state index contributed by atoms with van der Waals surface area (Å²) in [5.41, 5.74) is 6.33. The van der Waals surface area contributed by atoms with Gasteiger partial charge in [0.1, 0.15) is 5.69 Å². The highest BCUT2D eigenvalue weighted by atomic mass is 16.1. The van der Waals surface area contributed by atoms with E-state index >= 15 is 0 Å². The van der Waals surface area contributed by atoms with E-state index in [0.29, 0.717) is 5.69 Å². The molecule has 0 aliphatic carbocycles. The van der Waals surface area contributed by atoms with Gasteiger partial charge in [0.15, 0.2) is 0 Å². The molecule has 15 heavy (non-hydrogen) atoms. The monoisotopic (exact) mass is 202 g/mol. The highest BCUT2D eigenvalue weighted by molar-refractivity contribution is 5.90. The van der Waals surface area contributed by atoms with Crippen molar-refractivity contribution in [1.29, 1.82) is 0 Å². The van der Waals surface area contributed by atoms with Crippen LogP contribution < -0.4 is 5.73 Å². The first-order chi connectivity index (χ1) is 7.24. The minimum atomic E-state index is -0.503. The standard InChI is InChI=1S/C12H14N2O/c1-2-3-4-5-6-10-7-8-11(12(13)15)14-9-10/h2,5-9H,1,3-4H2,(H2,13,15)/b6-5+. The van der Waals surface area contributed by atoms with Gasteiger partial charge in [-0.1, -0.05) is 24.3 Å². The summed E-state index contributed by atoms with van der Waals surface area (Å²) in [7, 11) is 0. The van der Waals surface area contributed by atoms with E-state index in [2.05, 4.69) is 11.6 Å². The lowest BCUT2D eigenvalue weighted by atomic mass is 10.2. The third-order valence-electron chi connectivity index (χ3n) is 1.89. The average Bonchev–Trinajstić information content (AvgIpc) is 2.25. The van der Waals surface area contributed by atoms with Crippen LogP contribution >= 0.6 is 0 Å². The Balaban J connectivity index is 2.60. The number of unbranched alkanes of at least 4 members (excludes halogenated alkanes) is 1. The maximum Gasteiger partial charge on any atom is 0.267 e. The molecule has 0 aromatic carbocycles. The number of nitrogens with zero attached hydrogens (tertiary/aromatic N) is 1. The SMILES string of the molecule is C=CCC/C=C/c1ccc(C(N)=O)nc1. The summed E-state index contributed by atoms with van der Waals surface area (Å²) in [4.78, 5) is 14.7. The van der Waals surface area contributed by atoms with Crippen molar-refractivity contribution in [1.82, 2.24) is 4.98 Å². The fourth-order valence-electron chi connectivity index (χ4n) is 1.08. The number of carbonyl (C=O) groups is 1. The number of hydrogen-bond acceptors (Lipinski definition) is 2. The Kier molecular flexibility index (Phi) is 4.29. The lowest BCUT2D eigenvalue weighted by Crippen LogP contribution is -2.12. The number of amides is 1. The van der Waals surface area contributed by atoms with Crippen LogP contribution in [0.15, 0.2) is 37.1 Å². The molecule has 1 amide bonds. The van der Waals surface area contributed by atoms with Gasteiger partial charge in [-0.05, 0) is 24.5 Å². The van der Waals surface area contributed by atoms with Crippen molar-refractivity contribution >= 4 is 12.0 Å². The Labute approximate surface area is 89.3 Å². The van der Waals surface area contributed by atoms with Gasteiger partial charge >= 0.3 is 0 Å². The number of nitrogens with two attached hydrogens (primary N) is 1. The minimum Gasteiger partial charge on any atom is -0.364 e. The molecule has 0 saturated carbocycles. The van der Waals surface area contributed by atoms with E-state index in [-0.39, 0.29) is 0 Å². The number of primary amides is 1. The molecule has 0 spiro atoms. The van der Waals surface area contributed by atoms with Crippen LogP contribution in [-0.4, -0.2) is 10.9 Å². The van der Waals surface area contributed by atoms with Crippen LogP contribution in [0.1, 0.15) is 28.9 Å². The quantitative estimate of drug-likeness (QED) is 0.587. The molecule has 0 atom stereocenters. The van der Waals surface area contributed by atoms with Crippen molar-refractivity contribution in [2.24, 2.45) is 5.73 Å². The summed E-state index contributed by atoms with van der Waals surface area (Å²) in [5, 5.41) is 0. The predicted molar refractivity (Wildman–Crippen MR) is 61.2 cm³/mol. The topological polar surface area (TPSA) is 56.0 Å². The third kappa shape index (κ3) is 3.77. The first-order valence-electron chi connectivity index (χ1n) is 4.77. The molecular formula is C12H14N2O. The molecule has 78 valence electrons. The summed E-state index contributed by atoms with van der Waals surface area (Å²) in [6.07, 6.45) is 9.43. The van der Waals surface area contributed by atoms with Gasteiger partial charge in [-0.3, -0.25) is 9.78 Å². The first kappa shape index (κ1) is 11.2. The zero-order valence-corrected chi connectivity index (χ0v) is 8.52. The summed E-state index contributed by atoms with van der Waals surface area (Å²) >= 11 is 0. The normalized spacial score (nSPS) is 10.4. The average molecular weight is 202 g/mol. The second-order valence-corrected chi connectivity index (χ2v) is 3.11. The maximum absolute atomic E-state index is 10.7. The highest BCUT2D eigenvalue weighted by Crippen LogP contribution is 2.03. The van der Waals surface area contributed by atoms with Gasteiger partial charge < -0.3 is 5.73 Å². The van der Waals surface area contributed by atoms with Crippen LogP contribution in [0, 0.1) is 0 Å². The molecule has 0 aliphatic rings. The number of pyridine rings is 1. The van der Waals surface area contributed by atoms with Crippen LogP contribution in [-0.2, 0) is 0 Å². The van der Waals surface area contributed by atoms with Crippen molar-refractivity contribution in [3.8, 4) is 0 Å². The Morgan fingerprint density at radius 1 is 1.47 bits per heavy atom. The van der Waals surface area contributed by atoms with Crippen LogP contribution in [0.2, 0.25) is 0 Å². The van der Waals surface area contributed by atoms with Gasteiger partial charge in [-0.25, -0.2) is 0 Å². The number of rotatable bonds is 5. The molecule has 0 radical (unpaired) electrons. The number of hydrogen-bond donors (Lipinski definition) is 1. The molecule has 0 bridgehead atoms. The molecule has 0 unspecified atom stereocenters. The largest absolute Gasteiger partial charge is 0.364 e. The number of carbonyl (C=O) groups excluding carboxylic acids is 1. The fraction of sp³-hybridized carbons (Fsp3) is 0.167. The molecule has 2 N–H and O–H groups in total. The highest BCUT2D eigenvalue weighted by Gasteiger charge is 1.99. The maximum atomic E-state index is 10.7. The van der Waals surface area contributed by atoms with Crippen LogP contribution in [0.5, 0.6) is 0 Å². The van der Waals surface area contributed by atoms with Gasteiger partial charge in [-0.15, -0.1) is 6.58 Å². The Morgan fingerprint density at radius 2 is 2.27 bits per heavy atom. The molecule has 1 aromatic heterocycles. The molecule has 0 fully saturated rings. The van der Waals surface area contributed by atoms with Crippen molar-refractivity contribution in [2.45, 2.75) is 12.8 Å². The van der Waals surface area contributed by atoms with Gasteiger partial charge in [0.2, 0.25) is 0 Å². The van der Waals surface area contributed by atoms with Gasteiger partial charge in [0.25, 0.3) is 5.91 Å². The van der Waals surface area contributed by atoms with Gasteiger partial charge in [0.05, 0.1) is 0 Å². The van der Waals surface area contributed by atoms with E-state index in [0.717, 1.165) is 18.4 Å². The Bertz CT molecular complexity index is 366. The molecule has 1 aromatic rings. The molecule has 0 aliphatic heterocycles. The smallest absolute Gasteiger partial charge is 0.267 e. The number of aromatic nitrogens is 1. The number of allylic oxidation sites excluding steroid dienone is 2. The van der Waals surface area contributed by atoms with Crippen LogP contribution in [0.3, 0.4) is 0 Å². The second-order valence-electron chi connectivity index (χ2n) is 3.11.